The molecule has 4 amide bonds. The largest absolute Gasteiger partial charge is 0.458 e. The number of rotatable bonds is 5. The molecule has 1 aliphatic heterocycles. The summed E-state index contributed by atoms with van der Waals surface area (Å²) in [5.41, 5.74) is 1.61. The average molecular weight is 439 g/mol. The van der Waals surface area contributed by atoms with Crippen molar-refractivity contribution in [3.05, 3.63) is 90.7 Å². The van der Waals surface area contributed by atoms with E-state index in [0.29, 0.717) is 17.0 Å². The van der Waals surface area contributed by atoms with Crippen LogP contribution in [0.1, 0.15) is 12.7 Å². The highest BCUT2D eigenvalue weighted by Gasteiger charge is 2.51. The number of hydrogen-bond acceptors (Lipinski definition) is 4. The van der Waals surface area contributed by atoms with Gasteiger partial charge in [-0.1, -0.05) is 66.7 Å². The molecule has 0 radical (unpaired) electrons. The van der Waals surface area contributed by atoms with E-state index in [0.717, 1.165) is 21.4 Å². The highest BCUT2D eigenvalue weighted by molar-refractivity contribution is 6.10. The van der Waals surface area contributed by atoms with Gasteiger partial charge in [-0.25, -0.2) is 4.79 Å². The second-order valence-corrected chi connectivity index (χ2v) is 8.05. The highest BCUT2D eigenvalue weighted by Crippen LogP contribution is 2.33. The van der Waals surface area contributed by atoms with Crippen molar-refractivity contribution in [3.63, 3.8) is 0 Å². The van der Waals surface area contributed by atoms with E-state index in [-0.39, 0.29) is 0 Å². The fraction of sp³-hybridized carbons (Fsp3) is 0.115. The van der Waals surface area contributed by atoms with Gasteiger partial charge < -0.3 is 15.1 Å². The standard InChI is InChI=1S/C26H21N3O4/c1-26(22-15-18-11-5-8-14-21(18)33-22)24(31)29(25(32)28-26)16-23(30)27-20-13-7-6-12-19(20)17-9-3-2-4-10-17/h2-15H,16H2,1H3,(H,27,30)(H,28,32)/t26-/m1/s1. The fourth-order valence-electron chi connectivity index (χ4n) is 4.03. The minimum atomic E-state index is -1.39. The molecule has 2 N–H and O–H groups in total. The van der Waals surface area contributed by atoms with E-state index in [1.54, 1.807) is 25.1 Å². The van der Waals surface area contributed by atoms with Crippen LogP contribution in [0.15, 0.2) is 89.3 Å². The van der Waals surface area contributed by atoms with Crippen molar-refractivity contribution in [2.75, 3.05) is 11.9 Å². The molecule has 164 valence electrons. The SMILES string of the molecule is C[C@]1(c2cc3ccccc3o2)NC(=O)N(CC(=O)Nc2ccccc2-c2ccccc2)C1=O. The predicted octanol–water partition coefficient (Wildman–Crippen LogP) is 4.51. The average Bonchev–Trinajstić information content (AvgIpc) is 3.36. The van der Waals surface area contributed by atoms with Crippen molar-refractivity contribution >= 4 is 34.5 Å². The number of furan rings is 1. The first kappa shape index (κ1) is 20.5. The lowest BCUT2D eigenvalue weighted by molar-refractivity contribution is -0.134. The van der Waals surface area contributed by atoms with Gasteiger partial charge in [-0.05, 0) is 30.7 Å². The van der Waals surface area contributed by atoms with E-state index in [1.807, 2.05) is 66.7 Å². The Morgan fingerprint density at radius 2 is 1.67 bits per heavy atom. The molecular weight excluding hydrogens is 418 g/mol. The molecule has 1 saturated heterocycles. The lowest BCUT2D eigenvalue weighted by atomic mass is 9.99. The molecule has 0 bridgehead atoms. The van der Waals surface area contributed by atoms with Crippen molar-refractivity contribution in [3.8, 4) is 11.1 Å². The van der Waals surface area contributed by atoms with Crippen LogP contribution in [0.2, 0.25) is 0 Å². The first-order valence-electron chi connectivity index (χ1n) is 10.5. The molecule has 7 nitrogen and oxygen atoms in total. The van der Waals surface area contributed by atoms with Gasteiger partial charge in [0.2, 0.25) is 5.91 Å². The Labute approximate surface area is 190 Å². The zero-order valence-electron chi connectivity index (χ0n) is 17.9. The quantitative estimate of drug-likeness (QED) is 0.448. The number of carbonyl (C=O) groups excluding carboxylic acids is 3. The van der Waals surface area contributed by atoms with Gasteiger partial charge in [0, 0.05) is 16.6 Å². The van der Waals surface area contributed by atoms with Crippen LogP contribution >= 0.6 is 0 Å². The van der Waals surface area contributed by atoms with Crippen LogP contribution in [0.3, 0.4) is 0 Å². The summed E-state index contributed by atoms with van der Waals surface area (Å²) in [5, 5.41) is 6.33. The van der Waals surface area contributed by atoms with Crippen LogP contribution in [0, 0.1) is 0 Å². The number of anilines is 1. The summed E-state index contributed by atoms with van der Waals surface area (Å²) in [5.74, 6) is -0.701. The molecule has 4 aromatic rings. The number of para-hydroxylation sites is 2. The van der Waals surface area contributed by atoms with Crippen LogP contribution in [0.25, 0.3) is 22.1 Å². The van der Waals surface area contributed by atoms with E-state index in [1.165, 1.54) is 0 Å². The molecule has 2 heterocycles. The van der Waals surface area contributed by atoms with E-state index in [4.69, 9.17) is 4.42 Å². The van der Waals surface area contributed by atoms with Gasteiger partial charge in [0.15, 0.2) is 5.54 Å². The zero-order chi connectivity index (χ0) is 23.0. The van der Waals surface area contributed by atoms with Gasteiger partial charge in [0.25, 0.3) is 5.91 Å². The Bertz CT molecular complexity index is 1350. The first-order valence-corrected chi connectivity index (χ1v) is 10.5. The molecule has 5 rings (SSSR count). The molecule has 7 heteroatoms. The molecule has 0 spiro atoms. The number of carbonyl (C=O) groups is 3. The first-order chi connectivity index (χ1) is 16.0. The van der Waals surface area contributed by atoms with Crippen molar-refractivity contribution in [2.45, 2.75) is 12.5 Å². The molecule has 0 saturated carbocycles. The summed E-state index contributed by atoms with van der Waals surface area (Å²) in [6.45, 7) is 1.16. The van der Waals surface area contributed by atoms with Gasteiger partial charge in [-0.3, -0.25) is 14.5 Å². The third-order valence-corrected chi connectivity index (χ3v) is 5.78. The normalized spacial score (nSPS) is 17.9. The van der Waals surface area contributed by atoms with Gasteiger partial charge >= 0.3 is 6.03 Å². The summed E-state index contributed by atoms with van der Waals surface area (Å²) in [4.78, 5) is 39.6. The van der Waals surface area contributed by atoms with Crippen LogP contribution < -0.4 is 10.6 Å². The van der Waals surface area contributed by atoms with Crippen LogP contribution in [0.4, 0.5) is 10.5 Å². The van der Waals surface area contributed by atoms with Crippen molar-refractivity contribution in [2.24, 2.45) is 0 Å². The molecule has 1 aromatic heterocycles. The number of benzene rings is 3. The van der Waals surface area contributed by atoms with E-state index in [2.05, 4.69) is 10.6 Å². The second-order valence-electron chi connectivity index (χ2n) is 8.05. The van der Waals surface area contributed by atoms with Gasteiger partial charge in [-0.15, -0.1) is 0 Å². The van der Waals surface area contributed by atoms with E-state index < -0.39 is 29.9 Å². The molecular formula is C26H21N3O4. The van der Waals surface area contributed by atoms with Gasteiger partial charge in [0.1, 0.15) is 17.9 Å². The maximum absolute atomic E-state index is 13.2. The van der Waals surface area contributed by atoms with Crippen molar-refractivity contribution < 1.29 is 18.8 Å². The van der Waals surface area contributed by atoms with Crippen LogP contribution in [-0.4, -0.2) is 29.3 Å². The third-order valence-electron chi connectivity index (χ3n) is 5.78. The number of urea groups is 1. The summed E-state index contributed by atoms with van der Waals surface area (Å²) in [6, 6.07) is 25.5. The smallest absolute Gasteiger partial charge is 0.325 e. The highest BCUT2D eigenvalue weighted by atomic mass is 16.3. The Hall–Kier alpha value is -4.39. The lowest BCUT2D eigenvalue weighted by Gasteiger charge is -2.19. The molecule has 0 aliphatic carbocycles. The fourth-order valence-corrected chi connectivity index (χ4v) is 4.03. The molecule has 1 aliphatic rings. The lowest BCUT2D eigenvalue weighted by Crippen LogP contribution is -2.41. The Morgan fingerprint density at radius 1 is 0.970 bits per heavy atom. The second kappa shape index (κ2) is 7.94. The zero-order valence-corrected chi connectivity index (χ0v) is 17.9. The van der Waals surface area contributed by atoms with E-state index >= 15 is 0 Å². The third kappa shape index (κ3) is 3.63. The number of fused-ring (bicyclic) bond motifs is 1. The minimum Gasteiger partial charge on any atom is -0.458 e. The monoisotopic (exact) mass is 439 g/mol. The number of hydrogen-bond donors (Lipinski definition) is 2. The Morgan fingerprint density at radius 3 is 2.45 bits per heavy atom. The molecule has 3 aromatic carbocycles. The topological polar surface area (TPSA) is 91.7 Å². The molecule has 0 unspecified atom stereocenters. The number of amides is 4. The number of imide groups is 1. The number of nitrogens with zero attached hydrogens (tertiary/aromatic N) is 1. The van der Waals surface area contributed by atoms with Crippen molar-refractivity contribution in [1.82, 2.24) is 10.2 Å². The molecule has 1 fully saturated rings. The molecule has 33 heavy (non-hydrogen) atoms. The van der Waals surface area contributed by atoms with Crippen molar-refractivity contribution in [1.29, 1.82) is 0 Å². The minimum absolute atomic E-state index is 0.319. The van der Waals surface area contributed by atoms with Gasteiger partial charge in [-0.2, -0.15) is 0 Å². The maximum atomic E-state index is 13.2. The summed E-state index contributed by atoms with van der Waals surface area (Å²) in [7, 11) is 0. The summed E-state index contributed by atoms with van der Waals surface area (Å²) in [6.07, 6.45) is 0. The Balaban J connectivity index is 1.36. The summed E-state index contributed by atoms with van der Waals surface area (Å²) < 4.78 is 5.82. The molecule has 1 atom stereocenters. The van der Waals surface area contributed by atoms with E-state index in [9.17, 15) is 14.4 Å². The van der Waals surface area contributed by atoms with Crippen LogP contribution in [0.5, 0.6) is 0 Å². The van der Waals surface area contributed by atoms with Gasteiger partial charge in [0.05, 0.1) is 0 Å². The maximum Gasteiger partial charge on any atom is 0.325 e. The van der Waals surface area contributed by atoms with Crippen LogP contribution in [-0.2, 0) is 15.1 Å². The number of nitrogens with one attached hydrogen (secondary N) is 2. The summed E-state index contributed by atoms with van der Waals surface area (Å²) >= 11 is 0. The predicted molar refractivity (Wildman–Crippen MR) is 124 cm³/mol. The Kier molecular flexibility index (Phi) is 4.94.